The summed E-state index contributed by atoms with van der Waals surface area (Å²) in [5.74, 6) is 0.380. The van der Waals surface area contributed by atoms with E-state index in [1.807, 2.05) is 29.2 Å². The van der Waals surface area contributed by atoms with E-state index in [0.29, 0.717) is 22.9 Å². The number of carbonyl (C=O) groups is 1. The minimum absolute atomic E-state index is 0.0883. The SMILES string of the molecule is Cc1cc2cc(C#N)c(SCC(=O)N3CCc4ccccc4C3)nc2cc1C. The highest BCUT2D eigenvalue weighted by Gasteiger charge is 2.21. The quantitative estimate of drug-likeness (QED) is 0.625. The van der Waals surface area contributed by atoms with Crippen molar-refractivity contribution in [3.05, 3.63) is 70.3 Å². The van der Waals surface area contributed by atoms with Crippen LogP contribution >= 0.6 is 11.8 Å². The van der Waals surface area contributed by atoms with Crippen LogP contribution in [0.15, 0.2) is 47.5 Å². The highest BCUT2D eigenvalue weighted by molar-refractivity contribution is 8.00. The van der Waals surface area contributed by atoms with Crippen molar-refractivity contribution in [2.45, 2.75) is 31.8 Å². The molecule has 4 rings (SSSR count). The number of aryl methyl sites for hydroxylation is 2. The van der Waals surface area contributed by atoms with Crippen molar-refractivity contribution in [2.24, 2.45) is 0 Å². The number of hydrogen-bond donors (Lipinski definition) is 0. The number of aromatic nitrogens is 1. The van der Waals surface area contributed by atoms with Crippen molar-refractivity contribution in [3.8, 4) is 6.07 Å². The highest BCUT2D eigenvalue weighted by Crippen LogP contribution is 2.27. The van der Waals surface area contributed by atoms with E-state index in [-0.39, 0.29) is 5.91 Å². The lowest BCUT2D eigenvalue weighted by Crippen LogP contribution is -2.37. The number of carbonyl (C=O) groups excluding carboxylic acids is 1. The lowest BCUT2D eigenvalue weighted by Gasteiger charge is -2.28. The van der Waals surface area contributed by atoms with E-state index < -0.39 is 0 Å². The van der Waals surface area contributed by atoms with Gasteiger partial charge in [-0.2, -0.15) is 5.26 Å². The van der Waals surface area contributed by atoms with Crippen molar-refractivity contribution in [1.82, 2.24) is 9.88 Å². The van der Waals surface area contributed by atoms with Gasteiger partial charge in [-0.05, 0) is 60.7 Å². The number of pyridine rings is 1. The van der Waals surface area contributed by atoms with Crippen LogP contribution in [0.4, 0.5) is 0 Å². The zero-order valence-corrected chi connectivity index (χ0v) is 16.8. The summed E-state index contributed by atoms with van der Waals surface area (Å²) >= 11 is 1.35. The van der Waals surface area contributed by atoms with Crippen molar-refractivity contribution in [2.75, 3.05) is 12.3 Å². The Labute approximate surface area is 169 Å². The van der Waals surface area contributed by atoms with Crippen LogP contribution in [0.25, 0.3) is 10.9 Å². The first-order valence-electron chi connectivity index (χ1n) is 9.34. The predicted molar refractivity (Wildman–Crippen MR) is 112 cm³/mol. The minimum Gasteiger partial charge on any atom is -0.337 e. The third-order valence-corrected chi connectivity index (χ3v) is 6.31. The molecule has 28 heavy (non-hydrogen) atoms. The second kappa shape index (κ2) is 7.65. The first-order valence-corrected chi connectivity index (χ1v) is 10.3. The summed E-state index contributed by atoms with van der Waals surface area (Å²) in [7, 11) is 0. The smallest absolute Gasteiger partial charge is 0.233 e. The fourth-order valence-electron chi connectivity index (χ4n) is 3.54. The van der Waals surface area contributed by atoms with E-state index in [9.17, 15) is 10.1 Å². The average molecular weight is 388 g/mol. The number of hydrogen-bond acceptors (Lipinski definition) is 4. The zero-order valence-electron chi connectivity index (χ0n) is 16.0. The Bertz CT molecular complexity index is 1120. The van der Waals surface area contributed by atoms with Crippen LogP contribution in [-0.4, -0.2) is 28.1 Å². The number of fused-ring (bicyclic) bond motifs is 2. The molecule has 1 aromatic heterocycles. The van der Waals surface area contributed by atoms with Gasteiger partial charge in [0, 0.05) is 18.5 Å². The summed E-state index contributed by atoms with van der Waals surface area (Å²) in [6, 6.07) is 16.5. The summed E-state index contributed by atoms with van der Waals surface area (Å²) in [5, 5.41) is 11.1. The van der Waals surface area contributed by atoms with Crippen LogP contribution in [0.1, 0.15) is 27.8 Å². The van der Waals surface area contributed by atoms with Crippen LogP contribution in [0.5, 0.6) is 0 Å². The Morgan fingerprint density at radius 1 is 1.18 bits per heavy atom. The second-order valence-corrected chi connectivity index (χ2v) is 8.17. The fraction of sp³-hybridized carbons (Fsp3) is 0.261. The maximum Gasteiger partial charge on any atom is 0.233 e. The Balaban J connectivity index is 1.51. The molecule has 0 saturated heterocycles. The molecule has 2 aromatic carbocycles. The maximum absolute atomic E-state index is 12.7. The molecule has 0 radical (unpaired) electrons. The Kier molecular flexibility index (Phi) is 5.06. The van der Waals surface area contributed by atoms with Gasteiger partial charge in [0.1, 0.15) is 11.1 Å². The fourth-order valence-corrected chi connectivity index (χ4v) is 4.41. The molecule has 0 atom stereocenters. The molecule has 0 unspecified atom stereocenters. The molecule has 0 spiro atoms. The first-order chi connectivity index (χ1) is 13.5. The molecule has 0 aliphatic carbocycles. The van der Waals surface area contributed by atoms with Gasteiger partial charge < -0.3 is 4.90 Å². The van der Waals surface area contributed by atoms with Crippen LogP contribution in [-0.2, 0) is 17.8 Å². The van der Waals surface area contributed by atoms with Crippen molar-refractivity contribution in [3.63, 3.8) is 0 Å². The summed E-state index contributed by atoms with van der Waals surface area (Å²) in [4.78, 5) is 19.3. The number of nitriles is 1. The molecule has 0 fully saturated rings. The van der Waals surface area contributed by atoms with Crippen molar-refractivity contribution >= 4 is 28.6 Å². The molecule has 4 nitrogen and oxygen atoms in total. The van der Waals surface area contributed by atoms with Gasteiger partial charge in [-0.3, -0.25) is 4.79 Å². The van der Waals surface area contributed by atoms with Crippen LogP contribution in [0, 0.1) is 25.2 Å². The van der Waals surface area contributed by atoms with Crippen LogP contribution in [0.2, 0.25) is 0 Å². The Morgan fingerprint density at radius 3 is 2.71 bits per heavy atom. The van der Waals surface area contributed by atoms with Gasteiger partial charge in [-0.15, -0.1) is 0 Å². The number of nitrogens with zero attached hydrogens (tertiary/aromatic N) is 3. The number of thioether (sulfide) groups is 1. The topological polar surface area (TPSA) is 57.0 Å². The number of benzene rings is 2. The molecule has 0 bridgehead atoms. The van der Waals surface area contributed by atoms with Gasteiger partial charge in [0.2, 0.25) is 5.91 Å². The van der Waals surface area contributed by atoms with E-state index in [1.165, 1.54) is 34.0 Å². The summed E-state index contributed by atoms with van der Waals surface area (Å²) < 4.78 is 0. The minimum atomic E-state index is 0.0883. The lowest BCUT2D eigenvalue weighted by atomic mass is 10.00. The Morgan fingerprint density at radius 2 is 1.93 bits per heavy atom. The molecule has 140 valence electrons. The summed E-state index contributed by atoms with van der Waals surface area (Å²) in [6.07, 6.45) is 0.892. The molecule has 2 heterocycles. The van der Waals surface area contributed by atoms with Gasteiger partial charge in [0.15, 0.2) is 0 Å². The molecule has 1 aliphatic rings. The van der Waals surface area contributed by atoms with E-state index >= 15 is 0 Å². The van der Waals surface area contributed by atoms with Crippen molar-refractivity contribution in [1.29, 1.82) is 5.26 Å². The third-order valence-electron chi connectivity index (χ3n) is 5.33. The van der Waals surface area contributed by atoms with E-state index in [4.69, 9.17) is 0 Å². The summed E-state index contributed by atoms with van der Waals surface area (Å²) in [5.41, 5.74) is 6.29. The monoisotopic (exact) mass is 387 g/mol. The lowest BCUT2D eigenvalue weighted by molar-refractivity contribution is -0.129. The summed E-state index contributed by atoms with van der Waals surface area (Å²) in [6.45, 7) is 5.51. The molecule has 1 amide bonds. The maximum atomic E-state index is 12.7. The van der Waals surface area contributed by atoms with Crippen molar-refractivity contribution < 1.29 is 4.79 Å². The normalized spacial score (nSPS) is 13.2. The van der Waals surface area contributed by atoms with Gasteiger partial charge >= 0.3 is 0 Å². The van der Waals surface area contributed by atoms with E-state index in [2.05, 4.69) is 43.1 Å². The third kappa shape index (κ3) is 3.61. The molecular weight excluding hydrogens is 366 g/mol. The Hall–Kier alpha value is -2.84. The zero-order chi connectivity index (χ0) is 19.7. The van der Waals surface area contributed by atoms with Crippen LogP contribution < -0.4 is 0 Å². The van der Waals surface area contributed by atoms with Crippen LogP contribution in [0.3, 0.4) is 0 Å². The highest BCUT2D eigenvalue weighted by atomic mass is 32.2. The van der Waals surface area contributed by atoms with Gasteiger partial charge in [0.25, 0.3) is 0 Å². The van der Waals surface area contributed by atoms with Gasteiger partial charge in [-0.25, -0.2) is 4.98 Å². The molecule has 3 aromatic rings. The van der Waals surface area contributed by atoms with Gasteiger partial charge in [-0.1, -0.05) is 36.0 Å². The van der Waals surface area contributed by atoms with E-state index in [1.54, 1.807) is 0 Å². The molecule has 0 N–H and O–H groups in total. The average Bonchev–Trinajstić information content (AvgIpc) is 2.72. The predicted octanol–water partition coefficient (Wildman–Crippen LogP) is 4.40. The molecular formula is C23H21N3OS. The standard InChI is InChI=1S/C23H21N3OS/c1-15-9-19-11-20(12-24)23(25-21(19)10-16(15)2)28-14-22(27)26-8-7-17-5-3-4-6-18(17)13-26/h3-6,9-11H,7-8,13-14H2,1-2H3. The van der Waals surface area contributed by atoms with Gasteiger partial charge in [0.05, 0.1) is 16.8 Å². The number of amides is 1. The molecule has 0 saturated carbocycles. The first kappa shape index (κ1) is 18.5. The van der Waals surface area contributed by atoms with E-state index in [0.717, 1.165) is 23.9 Å². The largest absolute Gasteiger partial charge is 0.337 e. The molecule has 1 aliphatic heterocycles. The molecule has 5 heteroatoms. The number of rotatable bonds is 3. The second-order valence-electron chi connectivity index (χ2n) is 7.20.